The average molecular weight is 266 g/mol. The summed E-state index contributed by atoms with van der Waals surface area (Å²) in [5, 5.41) is 0. The van der Waals surface area contributed by atoms with E-state index in [0.29, 0.717) is 23.7 Å². The third-order valence-electron chi connectivity index (χ3n) is 5.45. The van der Waals surface area contributed by atoms with Crippen LogP contribution in [0.25, 0.3) is 0 Å². The highest BCUT2D eigenvalue weighted by Gasteiger charge is 2.28. The second-order valence-corrected chi connectivity index (χ2v) is 6.91. The van der Waals surface area contributed by atoms with Gasteiger partial charge >= 0.3 is 0 Å². The van der Waals surface area contributed by atoms with Crippen LogP contribution in [0.15, 0.2) is 0 Å². The van der Waals surface area contributed by atoms with E-state index >= 15 is 0 Å². The molecule has 1 amide bonds. The Morgan fingerprint density at radius 2 is 1.68 bits per heavy atom. The standard InChI is InChI=1S/C16H30N2O/c1-12-7-8-18(11-13(12)2)16(19)9-14-3-5-15(10-17)6-4-14/h12-15H,3-11,17H2,1-2H3. The Bertz CT molecular complexity index is 297. The second-order valence-electron chi connectivity index (χ2n) is 6.91. The molecule has 2 unspecified atom stereocenters. The van der Waals surface area contributed by atoms with Gasteiger partial charge < -0.3 is 10.6 Å². The molecule has 1 aliphatic carbocycles. The lowest BCUT2D eigenvalue weighted by Crippen LogP contribution is -2.43. The minimum atomic E-state index is 0.398. The topological polar surface area (TPSA) is 46.3 Å². The molecular weight excluding hydrogens is 236 g/mol. The lowest BCUT2D eigenvalue weighted by atomic mass is 9.80. The molecule has 3 heteroatoms. The zero-order valence-corrected chi connectivity index (χ0v) is 12.6. The lowest BCUT2D eigenvalue weighted by Gasteiger charge is -2.36. The van der Waals surface area contributed by atoms with Crippen LogP contribution in [0.2, 0.25) is 0 Å². The molecule has 2 atom stereocenters. The van der Waals surface area contributed by atoms with Gasteiger partial charge in [0.15, 0.2) is 0 Å². The molecule has 2 N–H and O–H groups in total. The minimum Gasteiger partial charge on any atom is -0.342 e. The first-order valence-electron chi connectivity index (χ1n) is 8.08. The number of carbonyl (C=O) groups excluding carboxylic acids is 1. The van der Waals surface area contributed by atoms with Gasteiger partial charge in [-0.1, -0.05) is 13.8 Å². The number of carbonyl (C=O) groups is 1. The maximum Gasteiger partial charge on any atom is 0.222 e. The highest BCUT2D eigenvalue weighted by Crippen LogP contribution is 2.31. The fraction of sp³-hybridized carbons (Fsp3) is 0.938. The van der Waals surface area contributed by atoms with Crippen LogP contribution in [-0.4, -0.2) is 30.4 Å². The molecule has 1 aliphatic heterocycles. The van der Waals surface area contributed by atoms with Crippen LogP contribution in [0.3, 0.4) is 0 Å². The Kier molecular flexibility index (Phi) is 5.26. The quantitative estimate of drug-likeness (QED) is 0.853. The number of amides is 1. The SMILES string of the molecule is CC1CCN(C(=O)CC2CCC(CN)CC2)CC1C. The first-order chi connectivity index (χ1) is 9.10. The number of hydrogen-bond donors (Lipinski definition) is 1. The summed E-state index contributed by atoms with van der Waals surface area (Å²) < 4.78 is 0. The summed E-state index contributed by atoms with van der Waals surface area (Å²) in [5.41, 5.74) is 5.72. The van der Waals surface area contributed by atoms with Gasteiger partial charge in [0, 0.05) is 19.5 Å². The predicted molar refractivity (Wildman–Crippen MR) is 78.6 cm³/mol. The second kappa shape index (κ2) is 6.74. The van der Waals surface area contributed by atoms with Crippen molar-refractivity contribution in [3.05, 3.63) is 0 Å². The van der Waals surface area contributed by atoms with Crippen molar-refractivity contribution in [1.29, 1.82) is 0 Å². The fourth-order valence-corrected chi connectivity index (χ4v) is 3.54. The van der Waals surface area contributed by atoms with Gasteiger partial charge in [0.05, 0.1) is 0 Å². The predicted octanol–water partition coefficient (Wildman–Crippen LogP) is 2.65. The van der Waals surface area contributed by atoms with Crippen molar-refractivity contribution in [3.8, 4) is 0 Å². The van der Waals surface area contributed by atoms with Crippen LogP contribution in [0.1, 0.15) is 52.4 Å². The monoisotopic (exact) mass is 266 g/mol. The van der Waals surface area contributed by atoms with Crippen molar-refractivity contribution >= 4 is 5.91 Å². The largest absolute Gasteiger partial charge is 0.342 e. The number of piperidine rings is 1. The molecule has 1 saturated heterocycles. The van der Waals surface area contributed by atoms with Crippen molar-refractivity contribution in [3.63, 3.8) is 0 Å². The number of hydrogen-bond acceptors (Lipinski definition) is 2. The Morgan fingerprint density at radius 3 is 2.26 bits per heavy atom. The molecule has 1 saturated carbocycles. The maximum atomic E-state index is 12.4. The first-order valence-corrected chi connectivity index (χ1v) is 8.08. The average Bonchev–Trinajstić information content (AvgIpc) is 2.42. The van der Waals surface area contributed by atoms with Gasteiger partial charge in [-0.2, -0.15) is 0 Å². The van der Waals surface area contributed by atoms with Crippen LogP contribution in [0, 0.1) is 23.7 Å². The van der Waals surface area contributed by atoms with Gasteiger partial charge in [-0.25, -0.2) is 0 Å². The van der Waals surface area contributed by atoms with Crippen LogP contribution >= 0.6 is 0 Å². The minimum absolute atomic E-state index is 0.398. The third kappa shape index (κ3) is 3.95. The smallest absolute Gasteiger partial charge is 0.222 e. The van der Waals surface area contributed by atoms with E-state index in [1.54, 1.807) is 0 Å². The zero-order valence-electron chi connectivity index (χ0n) is 12.6. The number of likely N-dealkylation sites (tertiary alicyclic amines) is 1. The molecule has 2 rings (SSSR count). The lowest BCUT2D eigenvalue weighted by molar-refractivity contribution is -0.134. The third-order valence-corrected chi connectivity index (χ3v) is 5.45. The first kappa shape index (κ1) is 14.8. The molecule has 0 radical (unpaired) electrons. The van der Waals surface area contributed by atoms with Gasteiger partial charge in [0.2, 0.25) is 5.91 Å². The van der Waals surface area contributed by atoms with Crippen molar-refractivity contribution in [2.75, 3.05) is 19.6 Å². The van der Waals surface area contributed by atoms with Crippen molar-refractivity contribution < 1.29 is 4.79 Å². The number of rotatable bonds is 3. The van der Waals surface area contributed by atoms with E-state index in [1.807, 2.05) is 0 Å². The Labute approximate surface area is 117 Å². The number of nitrogens with two attached hydrogens (primary N) is 1. The van der Waals surface area contributed by atoms with E-state index in [9.17, 15) is 4.79 Å². The van der Waals surface area contributed by atoms with Crippen LogP contribution in [-0.2, 0) is 4.79 Å². The van der Waals surface area contributed by atoms with Gasteiger partial charge in [0.25, 0.3) is 0 Å². The van der Waals surface area contributed by atoms with Crippen molar-refractivity contribution in [2.45, 2.75) is 52.4 Å². The Hall–Kier alpha value is -0.570. The Morgan fingerprint density at radius 1 is 1.05 bits per heavy atom. The molecule has 0 bridgehead atoms. The highest BCUT2D eigenvalue weighted by atomic mass is 16.2. The van der Waals surface area contributed by atoms with E-state index in [4.69, 9.17) is 5.73 Å². The van der Waals surface area contributed by atoms with E-state index < -0.39 is 0 Å². The molecule has 3 nitrogen and oxygen atoms in total. The summed E-state index contributed by atoms with van der Waals surface area (Å²) in [7, 11) is 0. The molecule has 19 heavy (non-hydrogen) atoms. The van der Waals surface area contributed by atoms with Crippen molar-refractivity contribution in [1.82, 2.24) is 4.90 Å². The van der Waals surface area contributed by atoms with Crippen molar-refractivity contribution in [2.24, 2.45) is 29.4 Å². The summed E-state index contributed by atoms with van der Waals surface area (Å²) in [4.78, 5) is 14.5. The summed E-state index contributed by atoms with van der Waals surface area (Å²) in [6.45, 7) is 7.35. The summed E-state index contributed by atoms with van der Waals surface area (Å²) in [6, 6.07) is 0. The van der Waals surface area contributed by atoms with Gasteiger partial charge in [0.1, 0.15) is 0 Å². The Balaban J connectivity index is 1.75. The molecule has 1 heterocycles. The zero-order chi connectivity index (χ0) is 13.8. The summed E-state index contributed by atoms with van der Waals surface area (Å²) >= 11 is 0. The molecule has 110 valence electrons. The normalized spacial score (nSPS) is 36.3. The van der Waals surface area contributed by atoms with Gasteiger partial charge in [-0.15, -0.1) is 0 Å². The fourth-order valence-electron chi connectivity index (χ4n) is 3.54. The molecular formula is C16H30N2O. The molecule has 0 spiro atoms. The summed E-state index contributed by atoms with van der Waals surface area (Å²) in [5.74, 6) is 3.15. The van der Waals surface area contributed by atoms with Crippen LogP contribution in [0.4, 0.5) is 0 Å². The van der Waals surface area contributed by atoms with Gasteiger partial charge in [-0.3, -0.25) is 4.79 Å². The number of nitrogens with zero attached hydrogens (tertiary/aromatic N) is 1. The van der Waals surface area contributed by atoms with E-state index in [-0.39, 0.29) is 0 Å². The van der Waals surface area contributed by atoms with Crippen LogP contribution in [0.5, 0.6) is 0 Å². The van der Waals surface area contributed by atoms with E-state index in [2.05, 4.69) is 18.7 Å². The highest BCUT2D eigenvalue weighted by molar-refractivity contribution is 5.76. The van der Waals surface area contributed by atoms with Crippen LogP contribution < -0.4 is 5.73 Å². The van der Waals surface area contributed by atoms with Gasteiger partial charge in [-0.05, 0) is 62.3 Å². The molecule has 0 aromatic carbocycles. The molecule has 0 aromatic rings. The molecule has 2 fully saturated rings. The summed E-state index contributed by atoms with van der Waals surface area (Å²) in [6.07, 6.45) is 6.80. The molecule has 0 aromatic heterocycles. The van der Waals surface area contributed by atoms with E-state index in [0.717, 1.165) is 32.0 Å². The molecule has 2 aliphatic rings. The maximum absolute atomic E-state index is 12.4. The van der Waals surface area contributed by atoms with E-state index in [1.165, 1.54) is 32.1 Å².